The summed E-state index contributed by atoms with van der Waals surface area (Å²) in [5, 5.41) is 0. The maximum absolute atomic E-state index is 12.9. The van der Waals surface area contributed by atoms with Gasteiger partial charge in [0.05, 0.1) is 6.20 Å². The summed E-state index contributed by atoms with van der Waals surface area (Å²) >= 11 is 0. The predicted molar refractivity (Wildman–Crippen MR) is 109 cm³/mol. The molecule has 0 unspecified atom stereocenters. The molecule has 4 rings (SSSR count). The molecule has 0 saturated heterocycles. The zero-order valence-corrected chi connectivity index (χ0v) is 15.4. The van der Waals surface area contributed by atoms with Crippen molar-refractivity contribution in [1.82, 2.24) is 9.38 Å². The number of carbonyl (C=O) groups excluding carboxylic acids is 2. The van der Waals surface area contributed by atoms with Crippen LogP contribution in [0.2, 0.25) is 0 Å². The Morgan fingerprint density at radius 1 is 0.893 bits per heavy atom. The van der Waals surface area contributed by atoms with Crippen molar-refractivity contribution in [2.45, 2.75) is 6.92 Å². The molecular formula is C23H19N3O2. The number of amides is 1. The summed E-state index contributed by atoms with van der Waals surface area (Å²) in [4.78, 5) is 31.7. The first kappa shape index (κ1) is 17.7. The van der Waals surface area contributed by atoms with Gasteiger partial charge in [-0.15, -0.1) is 0 Å². The Kier molecular flexibility index (Phi) is 4.72. The number of anilines is 1. The highest BCUT2D eigenvalue weighted by molar-refractivity contribution is 6.10. The van der Waals surface area contributed by atoms with E-state index in [2.05, 4.69) is 4.98 Å². The van der Waals surface area contributed by atoms with Crippen molar-refractivity contribution in [2.75, 3.05) is 11.4 Å². The van der Waals surface area contributed by atoms with E-state index in [1.165, 1.54) is 0 Å². The maximum Gasteiger partial charge on any atom is 0.258 e. The third kappa shape index (κ3) is 3.18. The minimum absolute atomic E-state index is 0.0949. The van der Waals surface area contributed by atoms with Gasteiger partial charge in [0.2, 0.25) is 5.78 Å². The fraction of sp³-hybridized carbons (Fsp3) is 0.0870. The molecule has 138 valence electrons. The van der Waals surface area contributed by atoms with Gasteiger partial charge in [0, 0.05) is 29.6 Å². The quantitative estimate of drug-likeness (QED) is 0.495. The van der Waals surface area contributed by atoms with Crippen molar-refractivity contribution in [1.29, 1.82) is 0 Å². The van der Waals surface area contributed by atoms with Crippen molar-refractivity contribution in [3.05, 3.63) is 102 Å². The lowest BCUT2D eigenvalue weighted by molar-refractivity contribution is 0.0985. The summed E-state index contributed by atoms with van der Waals surface area (Å²) in [6.45, 7) is 2.50. The molecule has 2 aromatic heterocycles. The van der Waals surface area contributed by atoms with Crippen LogP contribution in [0.15, 0.2) is 85.2 Å². The van der Waals surface area contributed by atoms with E-state index in [9.17, 15) is 9.59 Å². The monoisotopic (exact) mass is 369 g/mol. The fourth-order valence-corrected chi connectivity index (χ4v) is 3.22. The molecule has 0 fully saturated rings. The standard InChI is InChI=1S/C23H19N3O2/c1-2-25(19-8-4-3-5-9-19)23(28)18-13-11-17(12-14-18)22(27)20-16-24-21-10-6-7-15-26(20)21/h3-16H,2H2,1H3. The lowest BCUT2D eigenvalue weighted by atomic mass is 10.1. The number of fused-ring (bicyclic) bond motifs is 1. The number of rotatable bonds is 5. The van der Waals surface area contributed by atoms with Crippen LogP contribution in [0.25, 0.3) is 5.65 Å². The average Bonchev–Trinajstić information content (AvgIpc) is 3.19. The summed E-state index contributed by atoms with van der Waals surface area (Å²) in [7, 11) is 0. The number of nitrogens with zero attached hydrogens (tertiary/aromatic N) is 3. The van der Waals surface area contributed by atoms with Gasteiger partial charge < -0.3 is 4.90 Å². The number of aromatic nitrogens is 2. The van der Waals surface area contributed by atoms with Gasteiger partial charge in [0.15, 0.2) is 0 Å². The Hall–Kier alpha value is -3.73. The molecule has 0 spiro atoms. The van der Waals surface area contributed by atoms with Crippen LogP contribution in [-0.2, 0) is 0 Å². The molecule has 5 nitrogen and oxygen atoms in total. The highest BCUT2D eigenvalue weighted by Gasteiger charge is 2.18. The van der Waals surface area contributed by atoms with Gasteiger partial charge in [0.1, 0.15) is 11.3 Å². The van der Waals surface area contributed by atoms with Gasteiger partial charge in [0.25, 0.3) is 5.91 Å². The number of carbonyl (C=O) groups is 2. The maximum atomic E-state index is 12.9. The number of para-hydroxylation sites is 1. The van der Waals surface area contributed by atoms with Gasteiger partial charge in [-0.05, 0) is 43.3 Å². The van der Waals surface area contributed by atoms with Gasteiger partial charge in [-0.2, -0.15) is 0 Å². The Labute approximate surface area is 162 Å². The van der Waals surface area contributed by atoms with E-state index in [1.54, 1.807) is 39.8 Å². The van der Waals surface area contributed by atoms with Crippen LogP contribution in [0.4, 0.5) is 5.69 Å². The largest absolute Gasteiger partial charge is 0.309 e. The molecule has 5 heteroatoms. The van der Waals surface area contributed by atoms with Crippen LogP contribution in [0.1, 0.15) is 33.3 Å². The molecule has 2 aromatic carbocycles. The van der Waals surface area contributed by atoms with E-state index in [-0.39, 0.29) is 11.7 Å². The van der Waals surface area contributed by atoms with E-state index >= 15 is 0 Å². The van der Waals surface area contributed by atoms with Gasteiger partial charge >= 0.3 is 0 Å². The normalized spacial score (nSPS) is 10.8. The molecule has 2 heterocycles. The van der Waals surface area contributed by atoms with Crippen molar-refractivity contribution >= 4 is 23.0 Å². The molecular weight excluding hydrogens is 350 g/mol. The lowest BCUT2D eigenvalue weighted by Crippen LogP contribution is -2.30. The number of benzene rings is 2. The fourth-order valence-electron chi connectivity index (χ4n) is 3.22. The summed E-state index contributed by atoms with van der Waals surface area (Å²) in [6.07, 6.45) is 3.39. The van der Waals surface area contributed by atoms with Crippen LogP contribution in [-0.4, -0.2) is 27.6 Å². The van der Waals surface area contributed by atoms with Crippen molar-refractivity contribution < 1.29 is 9.59 Å². The highest BCUT2D eigenvalue weighted by Crippen LogP contribution is 2.18. The van der Waals surface area contributed by atoms with Crippen molar-refractivity contribution in [3.8, 4) is 0 Å². The molecule has 0 aliphatic rings. The first-order valence-corrected chi connectivity index (χ1v) is 9.13. The third-order valence-electron chi connectivity index (χ3n) is 4.67. The first-order valence-electron chi connectivity index (χ1n) is 9.13. The topological polar surface area (TPSA) is 54.7 Å². The molecule has 0 saturated carbocycles. The second kappa shape index (κ2) is 7.48. The third-order valence-corrected chi connectivity index (χ3v) is 4.67. The molecule has 0 atom stereocenters. The highest BCUT2D eigenvalue weighted by atomic mass is 16.2. The average molecular weight is 369 g/mol. The number of ketones is 1. The van der Waals surface area contributed by atoms with Crippen LogP contribution in [0.3, 0.4) is 0 Å². The number of imidazole rings is 1. The molecule has 4 aromatic rings. The van der Waals surface area contributed by atoms with Crippen LogP contribution >= 0.6 is 0 Å². The summed E-state index contributed by atoms with van der Waals surface area (Å²) < 4.78 is 1.76. The minimum atomic E-state index is -0.131. The Morgan fingerprint density at radius 3 is 2.29 bits per heavy atom. The van der Waals surface area contributed by atoms with Gasteiger partial charge in [-0.3, -0.25) is 14.0 Å². The van der Waals surface area contributed by atoms with E-state index in [4.69, 9.17) is 0 Å². The van der Waals surface area contributed by atoms with Gasteiger partial charge in [-0.25, -0.2) is 4.98 Å². The van der Waals surface area contributed by atoms with E-state index < -0.39 is 0 Å². The molecule has 0 radical (unpaired) electrons. The summed E-state index contributed by atoms with van der Waals surface area (Å²) in [5.74, 6) is -0.226. The summed E-state index contributed by atoms with van der Waals surface area (Å²) in [6, 6.07) is 21.9. The Morgan fingerprint density at radius 2 is 1.57 bits per heavy atom. The van der Waals surface area contributed by atoms with Crippen LogP contribution in [0, 0.1) is 0 Å². The zero-order chi connectivity index (χ0) is 19.5. The second-order valence-corrected chi connectivity index (χ2v) is 6.36. The van der Waals surface area contributed by atoms with E-state index in [0.29, 0.717) is 23.4 Å². The zero-order valence-electron chi connectivity index (χ0n) is 15.4. The van der Waals surface area contributed by atoms with Crippen LogP contribution in [0.5, 0.6) is 0 Å². The molecule has 1 amide bonds. The van der Waals surface area contributed by atoms with E-state index in [1.807, 2.05) is 61.7 Å². The smallest absolute Gasteiger partial charge is 0.258 e. The lowest BCUT2D eigenvalue weighted by Gasteiger charge is -2.21. The molecule has 0 bridgehead atoms. The second-order valence-electron chi connectivity index (χ2n) is 6.36. The van der Waals surface area contributed by atoms with Crippen molar-refractivity contribution in [2.24, 2.45) is 0 Å². The van der Waals surface area contributed by atoms with Crippen LogP contribution < -0.4 is 4.90 Å². The SMILES string of the molecule is CCN(C(=O)c1ccc(C(=O)c2cnc3ccccn23)cc1)c1ccccc1. The number of hydrogen-bond acceptors (Lipinski definition) is 3. The van der Waals surface area contributed by atoms with Gasteiger partial charge in [-0.1, -0.05) is 36.4 Å². The first-order chi connectivity index (χ1) is 13.7. The predicted octanol–water partition coefficient (Wildman–Crippen LogP) is 4.23. The van der Waals surface area contributed by atoms with Crippen molar-refractivity contribution in [3.63, 3.8) is 0 Å². The molecule has 0 N–H and O–H groups in total. The Balaban J connectivity index is 1.60. The van der Waals surface area contributed by atoms with E-state index in [0.717, 1.165) is 11.3 Å². The number of hydrogen-bond donors (Lipinski definition) is 0. The molecule has 0 aliphatic carbocycles. The summed E-state index contributed by atoms with van der Waals surface area (Å²) in [5.41, 5.74) is 3.12. The number of pyridine rings is 1. The minimum Gasteiger partial charge on any atom is -0.309 e. The molecule has 28 heavy (non-hydrogen) atoms. The molecule has 0 aliphatic heterocycles. The Bertz CT molecular complexity index is 1130.